The highest BCUT2D eigenvalue weighted by Gasteiger charge is 2.38. The smallest absolute Gasteiger partial charge is 0.267 e. The average Bonchev–Trinajstić information content (AvgIpc) is 3.26. The molecule has 1 saturated heterocycles. The van der Waals surface area contributed by atoms with Gasteiger partial charge in [0.05, 0.1) is 10.6 Å². The largest absolute Gasteiger partial charge is 0.378 e. The maximum atomic E-state index is 13.3. The van der Waals surface area contributed by atoms with Gasteiger partial charge in [-0.05, 0) is 55.3 Å². The summed E-state index contributed by atoms with van der Waals surface area (Å²) in [5.74, 6) is 0.0746. The first-order valence-corrected chi connectivity index (χ1v) is 11.7. The summed E-state index contributed by atoms with van der Waals surface area (Å²) in [6, 6.07) is 8.50. The summed E-state index contributed by atoms with van der Waals surface area (Å²) < 4.78 is 0. The zero-order chi connectivity index (χ0) is 20.4. The van der Waals surface area contributed by atoms with Gasteiger partial charge in [0.2, 0.25) is 5.13 Å². The van der Waals surface area contributed by atoms with E-state index >= 15 is 0 Å². The molecule has 2 aromatic rings. The Labute approximate surface area is 180 Å². The molecule has 2 heterocycles. The lowest BCUT2D eigenvalue weighted by Crippen LogP contribution is -2.40. The molecule has 0 atom stereocenters. The lowest BCUT2D eigenvalue weighted by Gasteiger charge is -2.30. The van der Waals surface area contributed by atoms with Gasteiger partial charge >= 0.3 is 0 Å². The minimum atomic E-state index is 0.0746. The molecule has 1 amide bonds. The van der Waals surface area contributed by atoms with Crippen LogP contribution in [0.4, 0.5) is 10.8 Å². The van der Waals surface area contributed by atoms with Crippen molar-refractivity contribution in [1.29, 1.82) is 0 Å². The van der Waals surface area contributed by atoms with Crippen molar-refractivity contribution in [2.24, 2.45) is 4.99 Å². The van der Waals surface area contributed by atoms with E-state index in [1.165, 1.54) is 42.4 Å². The van der Waals surface area contributed by atoms with Gasteiger partial charge in [0.1, 0.15) is 0 Å². The van der Waals surface area contributed by atoms with Crippen LogP contribution in [0.5, 0.6) is 0 Å². The molecule has 0 radical (unpaired) electrons. The summed E-state index contributed by atoms with van der Waals surface area (Å²) in [4.78, 5) is 27.3. The number of amides is 1. The maximum Gasteiger partial charge on any atom is 0.267 e. The number of hydrogen-bond donors (Lipinski definition) is 0. The predicted octanol–water partition coefficient (Wildman–Crippen LogP) is 5.45. The summed E-state index contributed by atoms with van der Waals surface area (Å²) in [7, 11) is 4.05. The summed E-state index contributed by atoms with van der Waals surface area (Å²) in [6.07, 6.45) is 7.68. The van der Waals surface area contributed by atoms with Crippen LogP contribution >= 0.6 is 23.1 Å². The SMILES string of the molecule is Cc1csc(/N=C2/S/C(=C\c3ccc(N(C)C)cc3)C(=O)N2C2CCCCC2)n1. The Balaban J connectivity index is 1.65. The van der Waals surface area contributed by atoms with Gasteiger partial charge in [0, 0.05) is 31.2 Å². The van der Waals surface area contributed by atoms with Gasteiger partial charge in [0.15, 0.2) is 5.17 Å². The van der Waals surface area contributed by atoms with Gasteiger partial charge in [-0.15, -0.1) is 11.3 Å². The van der Waals surface area contributed by atoms with Gasteiger partial charge in [0.25, 0.3) is 5.91 Å². The summed E-state index contributed by atoms with van der Waals surface area (Å²) in [5, 5.41) is 3.48. The van der Waals surface area contributed by atoms with E-state index in [4.69, 9.17) is 4.99 Å². The number of amidine groups is 1. The fraction of sp³-hybridized carbons (Fsp3) is 0.409. The van der Waals surface area contributed by atoms with Gasteiger partial charge in [-0.3, -0.25) is 9.69 Å². The Kier molecular flexibility index (Phi) is 6.06. The van der Waals surface area contributed by atoms with Gasteiger partial charge in [-0.2, -0.15) is 4.99 Å². The zero-order valence-corrected chi connectivity index (χ0v) is 18.7. The number of hydrogen-bond acceptors (Lipinski definition) is 6. The molecule has 0 N–H and O–H groups in total. The van der Waals surface area contributed by atoms with Crippen molar-refractivity contribution >= 4 is 51.1 Å². The molecule has 1 aliphatic carbocycles. The first kappa shape index (κ1) is 20.2. The van der Waals surface area contributed by atoms with Crippen LogP contribution < -0.4 is 4.90 Å². The highest BCUT2D eigenvalue weighted by atomic mass is 32.2. The van der Waals surface area contributed by atoms with E-state index in [2.05, 4.69) is 34.1 Å². The summed E-state index contributed by atoms with van der Waals surface area (Å²) in [6.45, 7) is 1.97. The Morgan fingerprint density at radius 3 is 2.52 bits per heavy atom. The average molecular weight is 427 g/mol. The van der Waals surface area contributed by atoms with Crippen molar-refractivity contribution in [2.45, 2.75) is 45.1 Å². The maximum absolute atomic E-state index is 13.3. The highest BCUT2D eigenvalue weighted by Crippen LogP contribution is 2.39. The molecule has 5 nitrogen and oxygen atoms in total. The third kappa shape index (κ3) is 4.56. The van der Waals surface area contributed by atoms with Crippen LogP contribution in [0, 0.1) is 6.92 Å². The van der Waals surface area contributed by atoms with E-state index in [0.717, 1.165) is 45.0 Å². The number of anilines is 1. The topological polar surface area (TPSA) is 48.8 Å². The van der Waals surface area contributed by atoms with E-state index < -0.39 is 0 Å². The molecule has 1 aromatic carbocycles. The van der Waals surface area contributed by atoms with Crippen molar-refractivity contribution in [3.8, 4) is 0 Å². The molecule has 0 unspecified atom stereocenters. The number of aromatic nitrogens is 1. The second-order valence-corrected chi connectivity index (χ2v) is 9.58. The molecule has 2 aliphatic rings. The molecule has 4 rings (SSSR count). The van der Waals surface area contributed by atoms with Crippen LogP contribution in [-0.2, 0) is 4.79 Å². The molecule has 2 fully saturated rings. The van der Waals surface area contributed by atoms with Crippen LogP contribution in [-0.4, -0.2) is 41.1 Å². The number of rotatable bonds is 4. The predicted molar refractivity (Wildman–Crippen MR) is 124 cm³/mol. The minimum Gasteiger partial charge on any atom is -0.378 e. The van der Waals surface area contributed by atoms with Crippen molar-refractivity contribution in [3.05, 3.63) is 45.8 Å². The zero-order valence-electron chi connectivity index (χ0n) is 17.1. The van der Waals surface area contributed by atoms with Gasteiger partial charge in [-0.25, -0.2) is 4.98 Å². The number of carbonyl (C=O) groups is 1. The summed E-state index contributed by atoms with van der Waals surface area (Å²) >= 11 is 3.00. The van der Waals surface area contributed by atoms with Crippen LogP contribution in [0.2, 0.25) is 0 Å². The van der Waals surface area contributed by atoms with Crippen molar-refractivity contribution in [1.82, 2.24) is 9.88 Å². The molecule has 1 aromatic heterocycles. The molecule has 1 aliphatic heterocycles. The second kappa shape index (κ2) is 8.71. The number of nitrogens with zero attached hydrogens (tertiary/aromatic N) is 4. The van der Waals surface area contributed by atoms with Crippen molar-refractivity contribution in [2.75, 3.05) is 19.0 Å². The highest BCUT2D eigenvalue weighted by molar-refractivity contribution is 8.18. The lowest BCUT2D eigenvalue weighted by atomic mass is 9.94. The summed E-state index contributed by atoms with van der Waals surface area (Å²) in [5.41, 5.74) is 3.13. The fourth-order valence-electron chi connectivity index (χ4n) is 3.72. The normalized spacial score (nSPS) is 20.8. The Morgan fingerprint density at radius 2 is 1.90 bits per heavy atom. The minimum absolute atomic E-state index is 0.0746. The number of aryl methyl sites for hydroxylation is 1. The van der Waals surface area contributed by atoms with Crippen molar-refractivity contribution in [3.63, 3.8) is 0 Å². The number of thiazole rings is 1. The monoisotopic (exact) mass is 426 g/mol. The van der Waals surface area contributed by atoms with Crippen LogP contribution in [0.3, 0.4) is 0 Å². The first-order chi connectivity index (χ1) is 14.0. The molecule has 0 bridgehead atoms. The molecule has 7 heteroatoms. The van der Waals surface area contributed by atoms with E-state index in [1.807, 2.05) is 37.4 Å². The molecule has 152 valence electrons. The molecule has 1 saturated carbocycles. The van der Waals surface area contributed by atoms with E-state index in [-0.39, 0.29) is 11.9 Å². The number of thioether (sulfide) groups is 1. The van der Waals surface area contributed by atoms with Crippen LogP contribution in [0.25, 0.3) is 6.08 Å². The third-order valence-corrected chi connectivity index (χ3v) is 7.12. The van der Waals surface area contributed by atoms with Crippen molar-refractivity contribution < 1.29 is 4.79 Å². The Bertz CT molecular complexity index is 940. The molecular weight excluding hydrogens is 400 g/mol. The molecule has 0 spiro atoms. The molecular formula is C22H26N4OS2. The fourth-order valence-corrected chi connectivity index (χ4v) is 5.48. The third-order valence-electron chi connectivity index (χ3n) is 5.28. The molecule has 29 heavy (non-hydrogen) atoms. The quantitative estimate of drug-likeness (QED) is 0.610. The standard InChI is InChI=1S/C22H26N4OS2/c1-15-14-28-21(23-15)24-22-26(18-7-5-4-6-8-18)20(27)19(29-22)13-16-9-11-17(12-10-16)25(2)3/h9-14,18H,4-8H2,1-3H3/b19-13-,24-22+. The Morgan fingerprint density at radius 1 is 1.17 bits per heavy atom. The lowest BCUT2D eigenvalue weighted by molar-refractivity contribution is -0.124. The number of aliphatic imine (C=N–C) groups is 1. The first-order valence-electron chi connectivity index (χ1n) is 10.0. The van der Waals surface area contributed by atoms with Crippen LogP contribution in [0.15, 0.2) is 39.5 Å². The van der Waals surface area contributed by atoms with Gasteiger partial charge in [-0.1, -0.05) is 31.4 Å². The van der Waals surface area contributed by atoms with E-state index in [0.29, 0.717) is 0 Å². The van der Waals surface area contributed by atoms with Gasteiger partial charge < -0.3 is 4.90 Å². The second-order valence-electron chi connectivity index (χ2n) is 7.73. The van der Waals surface area contributed by atoms with E-state index in [9.17, 15) is 4.79 Å². The number of carbonyl (C=O) groups excluding carboxylic acids is 1. The number of benzene rings is 1. The Hall–Kier alpha value is -2.12. The van der Waals surface area contributed by atoms with E-state index in [1.54, 1.807) is 0 Å². The van der Waals surface area contributed by atoms with Crippen LogP contribution in [0.1, 0.15) is 43.4 Å².